The van der Waals surface area contributed by atoms with Gasteiger partial charge in [-0.1, -0.05) is 12.8 Å². The molecule has 1 fully saturated rings. The van der Waals surface area contributed by atoms with Gasteiger partial charge in [-0.2, -0.15) is 0 Å². The molecule has 0 unspecified atom stereocenters. The van der Waals surface area contributed by atoms with Crippen molar-refractivity contribution < 1.29 is 0 Å². The summed E-state index contributed by atoms with van der Waals surface area (Å²) in [4.78, 5) is 6.98. The van der Waals surface area contributed by atoms with Crippen LogP contribution in [0.15, 0.2) is 16.7 Å². The molecule has 0 aromatic carbocycles. The first-order valence-electron chi connectivity index (χ1n) is 6.37. The van der Waals surface area contributed by atoms with E-state index < -0.39 is 0 Å². The van der Waals surface area contributed by atoms with Crippen molar-refractivity contribution in [3.05, 3.63) is 22.3 Å². The van der Waals surface area contributed by atoms with Gasteiger partial charge in [0.25, 0.3) is 0 Å². The fourth-order valence-corrected chi connectivity index (χ4v) is 3.06. The molecule has 1 aromatic rings. The molecule has 0 bridgehead atoms. The lowest BCUT2D eigenvalue weighted by Gasteiger charge is -2.30. The van der Waals surface area contributed by atoms with Crippen molar-refractivity contribution in [3.63, 3.8) is 0 Å². The summed E-state index contributed by atoms with van der Waals surface area (Å²) in [6.45, 7) is 3.75. The Labute approximate surface area is 112 Å². The highest BCUT2D eigenvalue weighted by Crippen LogP contribution is 2.29. The Bertz CT molecular complexity index is 375. The molecular formula is C13H20BrN3. The van der Waals surface area contributed by atoms with Crippen LogP contribution in [0.4, 0.5) is 5.82 Å². The maximum absolute atomic E-state index is 5.82. The summed E-state index contributed by atoms with van der Waals surface area (Å²) in [5, 5.41) is 0. The Morgan fingerprint density at radius 3 is 2.76 bits per heavy atom. The van der Waals surface area contributed by atoms with E-state index >= 15 is 0 Å². The summed E-state index contributed by atoms with van der Waals surface area (Å²) in [6, 6.07) is 2.74. The minimum atomic E-state index is 0.547. The maximum Gasteiger partial charge on any atom is 0.133 e. The molecule has 17 heavy (non-hydrogen) atoms. The topological polar surface area (TPSA) is 42.2 Å². The van der Waals surface area contributed by atoms with Crippen molar-refractivity contribution in [2.45, 2.75) is 45.2 Å². The van der Waals surface area contributed by atoms with E-state index in [4.69, 9.17) is 5.73 Å². The highest BCUT2D eigenvalue weighted by Gasteiger charge is 2.23. The number of nitrogens with two attached hydrogens (primary N) is 1. The molecule has 0 spiro atoms. The van der Waals surface area contributed by atoms with Gasteiger partial charge in [0.1, 0.15) is 5.82 Å². The molecule has 0 amide bonds. The Morgan fingerprint density at radius 2 is 2.18 bits per heavy atom. The SMILES string of the molecule is CCN(c1ncc(Br)cc1CN)C1CCCC1. The second-order valence-corrected chi connectivity index (χ2v) is 5.48. The molecule has 1 aliphatic carbocycles. The first-order valence-corrected chi connectivity index (χ1v) is 7.16. The van der Waals surface area contributed by atoms with Crippen LogP contribution >= 0.6 is 15.9 Å². The van der Waals surface area contributed by atoms with Crippen LogP contribution in [0.25, 0.3) is 0 Å². The van der Waals surface area contributed by atoms with E-state index in [2.05, 4.69) is 38.8 Å². The van der Waals surface area contributed by atoms with Crippen LogP contribution in [0.5, 0.6) is 0 Å². The van der Waals surface area contributed by atoms with Gasteiger partial charge in [-0.3, -0.25) is 0 Å². The van der Waals surface area contributed by atoms with E-state index in [1.807, 2.05) is 6.20 Å². The van der Waals surface area contributed by atoms with Crippen LogP contribution in [0.3, 0.4) is 0 Å². The van der Waals surface area contributed by atoms with Crippen molar-refractivity contribution in [2.24, 2.45) is 5.73 Å². The summed E-state index contributed by atoms with van der Waals surface area (Å²) < 4.78 is 1.00. The summed E-state index contributed by atoms with van der Waals surface area (Å²) in [7, 11) is 0. The van der Waals surface area contributed by atoms with E-state index in [-0.39, 0.29) is 0 Å². The molecule has 94 valence electrons. The number of nitrogens with zero attached hydrogens (tertiary/aromatic N) is 2. The molecule has 0 saturated heterocycles. The van der Waals surface area contributed by atoms with Gasteiger partial charge < -0.3 is 10.6 Å². The highest BCUT2D eigenvalue weighted by atomic mass is 79.9. The lowest BCUT2D eigenvalue weighted by Crippen LogP contribution is -2.34. The molecule has 1 aliphatic rings. The molecule has 1 heterocycles. The Hall–Kier alpha value is -0.610. The first-order chi connectivity index (χ1) is 8.26. The predicted molar refractivity (Wildman–Crippen MR) is 75.1 cm³/mol. The average Bonchev–Trinajstić information content (AvgIpc) is 2.85. The van der Waals surface area contributed by atoms with Gasteiger partial charge in [0.15, 0.2) is 0 Å². The second-order valence-electron chi connectivity index (χ2n) is 4.56. The summed E-state index contributed by atoms with van der Waals surface area (Å²) in [6.07, 6.45) is 7.13. The largest absolute Gasteiger partial charge is 0.354 e. The number of rotatable bonds is 4. The molecule has 3 nitrogen and oxygen atoms in total. The van der Waals surface area contributed by atoms with E-state index in [0.717, 1.165) is 22.4 Å². The molecule has 0 aliphatic heterocycles. The lowest BCUT2D eigenvalue weighted by atomic mass is 10.1. The predicted octanol–water partition coefficient (Wildman–Crippen LogP) is 3.07. The minimum Gasteiger partial charge on any atom is -0.354 e. The van der Waals surface area contributed by atoms with E-state index in [1.165, 1.54) is 25.7 Å². The van der Waals surface area contributed by atoms with Gasteiger partial charge >= 0.3 is 0 Å². The van der Waals surface area contributed by atoms with Crippen LogP contribution in [0.2, 0.25) is 0 Å². The summed E-state index contributed by atoms with van der Waals surface area (Å²) >= 11 is 3.46. The van der Waals surface area contributed by atoms with E-state index in [0.29, 0.717) is 12.6 Å². The average molecular weight is 298 g/mol. The zero-order valence-electron chi connectivity index (χ0n) is 10.3. The summed E-state index contributed by atoms with van der Waals surface area (Å²) in [5.74, 6) is 1.07. The Kier molecular flexibility index (Phi) is 4.40. The van der Waals surface area contributed by atoms with Crippen LogP contribution in [0.1, 0.15) is 38.2 Å². The normalized spacial score (nSPS) is 16.4. The minimum absolute atomic E-state index is 0.547. The third-order valence-corrected chi connectivity index (χ3v) is 3.94. The van der Waals surface area contributed by atoms with E-state index in [1.54, 1.807) is 0 Å². The summed E-state index contributed by atoms with van der Waals surface area (Å²) in [5.41, 5.74) is 6.96. The number of hydrogen-bond donors (Lipinski definition) is 1. The van der Waals surface area contributed by atoms with Gasteiger partial charge in [-0.15, -0.1) is 0 Å². The zero-order valence-corrected chi connectivity index (χ0v) is 11.9. The quantitative estimate of drug-likeness (QED) is 0.929. The first kappa shape index (κ1) is 12.8. The Morgan fingerprint density at radius 1 is 1.47 bits per heavy atom. The molecule has 4 heteroatoms. The van der Waals surface area contributed by atoms with Crippen molar-refractivity contribution in [1.29, 1.82) is 0 Å². The van der Waals surface area contributed by atoms with Crippen LogP contribution in [0, 0.1) is 0 Å². The van der Waals surface area contributed by atoms with Crippen molar-refractivity contribution in [1.82, 2.24) is 4.98 Å². The van der Waals surface area contributed by atoms with Crippen LogP contribution < -0.4 is 10.6 Å². The third-order valence-electron chi connectivity index (χ3n) is 3.51. The molecule has 2 rings (SSSR count). The lowest BCUT2D eigenvalue weighted by molar-refractivity contribution is 0.610. The molecular weight excluding hydrogens is 278 g/mol. The smallest absolute Gasteiger partial charge is 0.133 e. The zero-order chi connectivity index (χ0) is 12.3. The van der Waals surface area contributed by atoms with Gasteiger partial charge in [-0.25, -0.2) is 4.98 Å². The van der Waals surface area contributed by atoms with Gasteiger partial charge in [0.05, 0.1) is 0 Å². The van der Waals surface area contributed by atoms with Crippen LogP contribution in [-0.2, 0) is 6.54 Å². The number of halogens is 1. The van der Waals surface area contributed by atoms with Crippen molar-refractivity contribution in [3.8, 4) is 0 Å². The van der Waals surface area contributed by atoms with Gasteiger partial charge in [-0.05, 0) is 41.8 Å². The number of hydrogen-bond acceptors (Lipinski definition) is 3. The maximum atomic E-state index is 5.82. The fraction of sp³-hybridized carbons (Fsp3) is 0.615. The number of anilines is 1. The van der Waals surface area contributed by atoms with E-state index in [9.17, 15) is 0 Å². The molecule has 0 atom stereocenters. The molecule has 2 N–H and O–H groups in total. The second kappa shape index (κ2) is 5.83. The standard InChI is InChI=1S/C13H20BrN3/c1-2-17(12-5-3-4-6-12)13-10(8-15)7-11(14)9-16-13/h7,9,12H,2-6,8,15H2,1H3. The van der Waals surface area contributed by atoms with Gasteiger partial charge in [0, 0.05) is 35.4 Å². The Balaban J connectivity index is 2.29. The molecule has 1 saturated carbocycles. The van der Waals surface area contributed by atoms with Crippen molar-refractivity contribution in [2.75, 3.05) is 11.4 Å². The third kappa shape index (κ3) is 2.80. The van der Waals surface area contributed by atoms with Crippen molar-refractivity contribution >= 4 is 21.7 Å². The number of aromatic nitrogens is 1. The highest BCUT2D eigenvalue weighted by molar-refractivity contribution is 9.10. The molecule has 1 aromatic heterocycles. The van der Waals surface area contributed by atoms with Gasteiger partial charge in [0.2, 0.25) is 0 Å². The molecule has 0 radical (unpaired) electrons. The monoisotopic (exact) mass is 297 g/mol. The number of pyridine rings is 1. The van der Waals surface area contributed by atoms with Crippen LogP contribution in [-0.4, -0.2) is 17.6 Å². The fourth-order valence-electron chi connectivity index (χ4n) is 2.68.